The van der Waals surface area contributed by atoms with Gasteiger partial charge in [0, 0.05) is 6.08 Å². The highest BCUT2D eigenvalue weighted by molar-refractivity contribution is 5.88. The molecule has 0 bridgehead atoms. The Morgan fingerprint density at radius 2 is 1.79 bits per heavy atom. The monoisotopic (exact) mass is 262 g/mol. The molecule has 4 heteroatoms. The number of carbonyl (C=O) groups is 2. The van der Waals surface area contributed by atoms with Gasteiger partial charge in [-0.3, -0.25) is 0 Å². The fourth-order valence-electron chi connectivity index (χ4n) is 1.28. The van der Waals surface area contributed by atoms with E-state index in [-0.39, 0.29) is 6.61 Å². The lowest BCUT2D eigenvalue weighted by atomic mass is 10.2. The summed E-state index contributed by atoms with van der Waals surface area (Å²) in [5.74, 6) is -1.14. The summed E-state index contributed by atoms with van der Waals surface area (Å²) in [7, 11) is 0. The Hall–Kier alpha value is -2.10. The molecule has 0 aromatic heterocycles. The van der Waals surface area contributed by atoms with Gasteiger partial charge < -0.3 is 9.47 Å². The summed E-state index contributed by atoms with van der Waals surface area (Å²) in [5.41, 5.74) is 0.306. The van der Waals surface area contributed by atoms with E-state index in [0.717, 1.165) is 5.56 Å². The molecule has 0 atom stereocenters. The van der Waals surface area contributed by atoms with E-state index in [1.165, 1.54) is 6.08 Å². The Kier molecular flexibility index (Phi) is 5.30. The van der Waals surface area contributed by atoms with Gasteiger partial charge in [-0.1, -0.05) is 30.3 Å². The highest BCUT2D eigenvalue weighted by atomic mass is 16.6. The summed E-state index contributed by atoms with van der Waals surface area (Å²) < 4.78 is 9.78. The number of hydrogen-bond donors (Lipinski definition) is 0. The number of ether oxygens (including phenoxy) is 2. The zero-order valence-electron chi connectivity index (χ0n) is 11.4. The quantitative estimate of drug-likeness (QED) is 0.618. The van der Waals surface area contributed by atoms with Gasteiger partial charge in [-0.05, 0) is 32.4 Å². The zero-order valence-corrected chi connectivity index (χ0v) is 11.4. The fourth-order valence-corrected chi connectivity index (χ4v) is 1.28. The molecule has 0 spiro atoms. The lowest BCUT2D eigenvalue weighted by Gasteiger charge is -2.19. The van der Waals surface area contributed by atoms with Crippen molar-refractivity contribution < 1.29 is 19.1 Å². The molecule has 0 fully saturated rings. The highest BCUT2D eigenvalue weighted by Crippen LogP contribution is 2.07. The van der Waals surface area contributed by atoms with Gasteiger partial charge >= 0.3 is 11.9 Å². The fraction of sp³-hybridized carbons (Fsp3) is 0.333. The maximum absolute atomic E-state index is 11.4. The number of benzene rings is 1. The van der Waals surface area contributed by atoms with Gasteiger partial charge in [-0.25, -0.2) is 9.59 Å². The van der Waals surface area contributed by atoms with Gasteiger partial charge in [0.15, 0.2) is 6.61 Å². The second-order valence-corrected chi connectivity index (χ2v) is 4.94. The molecule has 0 aliphatic rings. The van der Waals surface area contributed by atoms with Crippen LogP contribution >= 0.6 is 0 Å². The van der Waals surface area contributed by atoms with E-state index in [2.05, 4.69) is 0 Å². The third-order valence-electron chi connectivity index (χ3n) is 1.96. The van der Waals surface area contributed by atoms with E-state index >= 15 is 0 Å². The summed E-state index contributed by atoms with van der Waals surface area (Å²) in [4.78, 5) is 22.7. The van der Waals surface area contributed by atoms with E-state index in [9.17, 15) is 9.59 Å². The van der Waals surface area contributed by atoms with Crippen molar-refractivity contribution in [2.45, 2.75) is 26.4 Å². The molecule has 0 saturated heterocycles. The summed E-state index contributed by atoms with van der Waals surface area (Å²) in [6.07, 6.45) is 2.90. The minimum absolute atomic E-state index is 0.380. The lowest BCUT2D eigenvalue weighted by Crippen LogP contribution is -2.27. The Balaban J connectivity index is 2.36. The molecule has 0 unspecified atom stereocenters. The molecular weight excluding hydrogens is 244 g/mol. The van der Waals surface area contributed by atoms with Crippen LogP contribution in [0.25, 0.3) is 6.08 Å². The van der Waals surface area contributed by atoms with Crippen LogP contribution in [0.5, 0.6) is 0 Å². The first-order valence-corrected chi connectivity index (χ1v) is 5.98. The average Bonchev–Trinajstić information content (AvgIpc) is 2.33. The third-order valence-corrected chi connectivity index (χ3v) is 1.96. The van der Waals surface area contributed by atoms with Crippen LogP contribution in [0.1, 0.15) is 26.3 Å². The molecule has 4 nitrogen and oxygen atoms in total. The van der Waals surface area contributed by atoms with Crippen LogP contribution in [0.15, 0.2) is 36.4 Å². The van der Waals surface area contributed by atoms with Crippen LogP contribution in [0.2, 0.25) is 0 Å². The van der Waals surface area contributed by atoms with E-state index < -0.39 is 17.5 Å². The van der Waals surface area contributed by atoms with Crippen LogP contribution < -0.4 is 0 Å². The number of esters is 2. The SMILES string of the molecule is CC(C)(C)OC(=O)COC(=O)C=Cc1ccccc1. The average molecular weight is 262 g/mol. The van der Waals surface area contributed by atoms with E-state index in [1.54, 1.807) is 26.8 Å². The number of hydrogen-bond acceptors (Lipinski definition) is 4. The number of rotatable bonds is 4. The van der Waals surface area contributed by atoms with Crippen molar-refractivity contribution in [1.82, 2.24) is 0 Å². The normalized spacial score (nSPS) is 11.3. The van der Waals surface area contributed by atoms with Gasteiger partial charge in [-0.2, -0.15) is 0 Å². The van der Waals surface area contributed by atoms with Crippen molar-refractivity contribution in [2.75, 3.05) is 6.61 Å². The minimum atomic E-state index is -0.580. The molecule has 0 amide bonds. The maximum atomic E-state index is 11.4. The van der Waals surface area contributed by atoms with Gasteiger partial charge in [0.2, 0.25) is 0 Å². The van der Waals surface area contributed by atoms with Crippen molar-refractivity contribution in [3.63, 3.8) is 0 Å². The standard InChI is InChI=1S/C15H18O4/c1-15(2,3)19-14(17)11-18-13(16)10-9-12-7-5-4-6-8-12/h4-10H,11H2,1-3H3. The van der Waals surface area contributed by atoms with E-state index in [1.807, 2.05) is 30.3 Å². The molecule has 1 rings (SSSR count). The van der Waals surface area contributed by atoms with E-state index in [4.69, 9.17) is 9.47 Å². The molecular formula is C15H18O4. The summed E-state index contributed by atoms with van der Waals surface area (Å²) in [5, 5.41) is 0. The second kappa shape index (κ2) is 6.73. The van der Waals surface area contributed by atoms with Crippen LogP contribution in [0, 0.1) is 0 Å². The van der Waals surface area contributed by atoms with Gasteiger partial charge in [0.25, 0.3) is 0 Å². The van der Waals surface area contributed by atoms with Crippen molar-refractivity contribution >= 4 is 18.0 Å². The molecule has 19 heavy (non-hydrogen) atoms. The Morgan fingerprint density at radius 3 is 2.37 bits per heavy atom. The van der Waals surface area contributed by atoms with Crippen LogP contribution in [-0.4, -0.2) is 24.1 Å². The highest BCUT2D eigenvalue weighted by Gasteiger charge is 2.16. The summed E-state index contributed by atoms with van der Waals surface area (Å²) >= 11 is 0. The van der Waals surface area contributed by atoms with Crippen molar-refractivity contribution in [3.8, 4) is 0 Å². The molecule has 1 aromatic carbocycles. The smallest absolute Gasteiger partial charge is 0.344 e. The molecule has 0 radical (unpaired) electrons. The second-order valence-electron chi connectivity index (χ2n) is 4.94. The molecule has 1 aromatic rings. The predicted molar refractivity (Wildman–Crippen MR) is 72.3 cm³/mol. The first-order valence-electron chi connectivity index (χ1n) is 5.98. The van der Waals surface area contributed by atoms with Gasteiger partial charge in [-0.15, -0.1) is 0 Å². The van der Waals surface area contributed by atoms with Crippen molar-refractivity contribution in [3.05, 3.63) is 42.0 Å². The van der Waals surface area contributed by atoms with E-state index in [0.29, 0.717) is 0 Å². The first-order chi connectivity index (χ1) is 8.87. The van der Waals surface area contributed by atoms with Crippen molar-refractivity contribution in [1.29, 1.82) is 0 Å². The Morgan fingerprint density at radius 1 is 1.16 bits per heavy atom. The maximum Gasteiger partial charge on any atom is 0.344 e. The zero-order chi connectivity index (χ0) is 14.3. The molecule has 102 valence electrons. The minimum Gasteiger partial charge on any atom is -0.457 e. The molecule has 0 heterocycles. The molecule has 0 aliphatic carbocycles. The Bertz CT molecular complexity index is 455. The van der Waals surface area contributed by atoms with Crippen LogP contribution in [0.3, 0.4) is 0 Å². The van der Waals surface area contributed by atoms with Crippen molar-refractivity contribution in [2.24, 2.45) is 0 Å². The Labute approximate surface area is 113 Å². The van der Waals surface area contributed by atoms with Gasteiger partial charge in [0.05, 0.1) is 0 Å². The van der Waals surface area contributed by atoms with Crippen LogP contribution in [0.4, 0.5) is 0 Å². The number of carbonyl (C=O) groups excluding carboxylic acids is 2. The molecule has 0 aliphatic heterocycles. The lowest BCUT2D eigenvalue weighted by molar-refractivity contribution is -0.164. The summed E-state index contributed by atoms with van der Waals surface area (Å²) in [6, 6.07) is 9.34. The van der Waals surface area contributed by atoms with Gasteiger partial charge in [0.1, 0.15) is 5.60 Å². The summed E-state index contributed by atoms with van der Waals surface area (Å²) in [6.45, 7) is 4.88. The molecule has 0 N–H and O–H groups in total. The topological polar surface area (TPSA) is 52.6 Å². The largest absolute Gasteiger partial charge is 0.457 e. The van der Waals surface area contributed by atoms with Crippen LogP contribution in [-0.2, 0) is 19.1 Å². The predicted octanol–water partition coefficient (Wildman–Crippen LogP) is 2.58. The first kappa shape index (κ1) is 15.0. The third kappa shape index (κ3) is 7.03. The molecule has 0 saturated carbocycles.